The van der Waals surface area contributed by atoms with Gasteiger partial charge in [-0.1, -0.05) is 18.2 Å². The number of anilines is 1. The number of hydrogen-bond acceptors (Lipinski definition) is 3. The van der Waals surface area contributed by atoms with Gasteiger partial charge in [0.05, 0.1) is 6.54 Å². The first-order valence-corrected chi connectivity index (χ1v) is 4.85. The van der Waals surface area contributed by atoms with Crippen molar-refractivity contribution < 1.29 is 9.59 Å². The number of likely N-dealkylation sites (tertiary alicyclic amines) is 1. The standard InChI is InChI=1S/C11H12N2O2/c12-9-4-2-1-3-8(9)7-13-10(14)5-6-11(13)15/h1-4H,5-7,12H2. The average Bonchev–Trinajstić information content (AvgIpc) is 2.53. The van der Waals surface area contributed by atoms with Crippen molar-refractivity contribution in [2.45, 2.75) is 19.4 Å². The van der Waals surface area contributed by atoms with Crippen molar-refractivity contribution in [1.29, 1.82) is 0 Å². The van der Waals surface area contributed by atoms with Gasteiger partial charge in [0.2, 0.25) is 11.8 Å². The Balaban J connectivity index is 2.18. The van der Waals surface area contributed by atoms with Gasteiger partial charge in [0.1, 0.15) is 0 Å². The van der Waals surface area contributed by atoms with Gasteiger partial charge < -0.3 is 5.73 Å². The highest BCUT2D eigenvalue weighted by Crippen LogP contribution is 2.18. The van der Waals surface area contributed by atoms with Gasteiger partial charge in [-0.15, -0.1) is 0 Å². The van der Waals surface area contributed by atoms with Crippen LogP contribution in [0.4, 0.5) is 5.69 Å². The van der Waals surface area contributed by atoms with E-state index in [1.807, 2.05) is 18.2 Å². The molecule has 0 radical (unpaired) electrons. The van der Waals surface area contributed by atoms with Crippen LogP contribution < -0.4 is 5.73 Å². The zero-order valence-corrected chi connectivity index (χ0v) is 8.27. The molecule has 4 heteroatoms. The lowest BCUT2D eigenvalue weighted by Gasteiger charge is -2.14. The molecule has 0 unspecified atom stereocenters. The Morgan fingerprint density at radius 3 is 2.33 bits per heavy atom. The molecular weight excluding hydrogens is 192 g/mol. The Morgan fingerprint density at radius 1 is 1.13 bits per heavy atom. The minimum atomic E-state index is -0.108. The Morgan fingerprint density at radius 2 is 1.73 bits per heavy atom. The highest BCUT2D eigenvalue weighted by atomic mass is 16.2. The molecule has 2 N–H and O–H groups in total. The molecule has 78 valence electrons. The highest BCUT2D eigenvalue weighted by Gasteiger charge is 2.28. The van der Waals surface area contributed by atoms with Crippen LogP contribution in [-0.2, 0) is 16.1 Å². The van der Waals surface area contributed by atoms with Crippen molar-refractivity contribution >= 4 is 17.5 Å². The minimum Gasteiger partial charge on any atom is -0.398 e. The fraction of sp³-hybridized carbons (Fsp3) is 0.273. The Hall–Kier alpha value is -1.84. The number of imide groups is 1. The number of hydrogen-bond donors (Lipinski definition) is 1. The van der Waals surface area contributed by atoms with Crippen LogP contribution in [0.15, 0.2) is 24.3 Å². The van der Waals surface area contributed by atoms with E-state index < -0.39 is 0 Å². The molecule has 1 fully saturated rings. The predicted molar refractivity (Wildman–Crippen MR) is 55.6 cm³/mol. The van der Waals surface area contributed by atoms with Crippen LogP contribution in [0.25, 0.3) is 0 Å². The van der Waals surface area contributed by atoms with Crippen LogP contribution in [0.1, 0.15) is 18.4 Å². The normalized spacial score (nSPS) is 16.1. The van der Waals surface area contributed by atoms with E-state index in [9.17, 15) is 9.59 Å². The monoisotopic (exact) mass is 204 g/mol. The minimum absolute atomic E-state index is 0.108. The van der Waals surface area contributed by atoms with Gasteiger partial charge in [-0.25, -0.2) is 0 Å². The predicted octanol–water partition coefficient (Wildman–Crippen LogP) is 0.918. The van der Waals surface area contributed by atoms with Crippen LogP contribution >= 0.6 is 0 Å². The molecule has 0 atom stereocenters. The van der Waals surface area contributed by atoms with E-state index in [1.165, 1.54) is 4.90 Å². The van der Waals surface area contributed by atoms with Crippen LogP contribution in [-0.4, -0.2) is 16.7 Å². The SMILES string of the molecule is Nc1ccccc1CN1C(=O)CCC1=O. The fourth-order valence-corrected chi connectivity index (χ4v) is 1.65. The lowest BCUT2D eigenvalue weighted by Crippen LogP contribution is -2.28. The Kier molecular flexibility index (Phi) is 2.41. The molecule has 0 bridgehead atoms. The third kappa shape index (κ3) is 1.83. The van der Waals surface area contributed by atoms with Gasteiger partial charge in [0.15, 0.2) is 0 Å². The molecule has 2 rings (SSSR count). The summed E-state index contributed by atoms with van der Waals surface area (Å²) in [5, 5.41) is 0. The number of nitrogens with two attached hydrogens (primary N) is 1. The number of carbonyl (C=O) groups is 2. The lowest BCUT2D eigenvalue weighted by atomic mass is 10.2. The molecule has 1 aliphatic rings. The first-order chi connectivity index (χ1) is 7.18. The summed E-state index contributed by atoms with van der Waals surface area (Å²) in [6.07, 6.45) is 0.650. The number of amides is 2. The first kappa shape index (κ1) is 9.71. The lowest BCUT2D eigenvalue weighted by molar-refractivity contribution is -0.139. The summed E-state index contributed by atoms with van der Waals surface area (Å²) in [5.41, 5.74) is 7.18. The van der Waals surface area contributed by atoms with Gasteiger partial charge in [0, 0.05) is 18.5 Å². The van der Waals surface area contributed by atoms with Crippen molar-refractivity contribution in [2.75, 3.05) is 5.73 Å². The summed E-state index contributed by atoms with van der Waals surface area (Å²) < 4.78 is 0. The zero-order valence-electron chi connectivity index (χ0n) is 8.27. The van der Waals surface area contributed by atoms with Gasteiger partial charge in [-0.3, -0.25) is 14.5 Å². The third-order valence-corrected chi connectivity index (χ3v) is 2.54. The van der Waals surface area contributed by atoms with E-state index in [4.69, 9.17) is 5.73 Å². The smallest absolute Gasteiger partial charge is 0.229 e. The second-order valence-electron chi connectivity index (χ2n) is 3.57. The van der Waals surface area contributed by atoms with E-state index in [-0.39, 0.29) is 11.8 Å². The Labute approximate surface area is 87.7 Å². The third-order valence-electron chi connectivity index (χ3n) is 2.54. The first-order valence-electron chi connectivity index (χ1n) is 4.85. The fourth-order valence-electron chi connectivity index (χ4n) is 1.65. The van der Waals surface area contributed by atoms with Gasteiger partial charge >= 0.3 is 0 Å². The Bertz CT molecular complexity index is 399. The summed E-state index contributed by atoms with van der Waals surface area (Å²) in [6.45, 7) is 0.296. The highest BCUT2D eigenvalue weighted by molar-refractivity contribution is 6.01. The molecule has 0 saturated carbocycles. The molecule has 15 heavy (non-hydrogen) atoms. The van der Waals surface area contributed by atoms with Crippen molar-refractivity contribution in [3.63, 3.8) is 0 Å². The molecule has 1 aromatic rings. The molecular formula is C11H12N2O2. The quantitative estimate of drug-likeness (QED) is 0.575. The number of rotatable bonds is 2. The number of para-hydroxylation sites is 1. The molecule has 0 aromatic heterocycles. The molecule has 1 aromatic carbocycles. The number of nitrogens with zero attached hydrogens (tertiary/aromatic N) is 1. The van der Waals surface area contributed by atoms with E-state index in [2.05, 4.69) is 0 Å². The van der Waals surface area contributed by atoms with E-state index in [1.54, 1.807) is 6.07 Å². The molecule has 1 saturated heterocycles. The van der Waals surface area contributed by atoms with E-state index >= 15 is 0 Å². The van der Waals surface area contributed by atoms with Crippen molar-refractivity contribution in [2.24, 2.45) is 0 Å². The van der Waals surface area contributed by atoms with E-state index in [0.29, 0.717) is 25.1 Å². The van der Waals surface area contributed by atoms with Gasteiger partial charge in [0.25, 0.3) is 0 Å². The molecule has 2 amide bonds. The van der Waals surface area contributed by atoms with Crippen molar-refractivity contribution in [1.82, 2.24) is 4.90 Å². The average molecular weight is 204 g/mol. The van der Waals surface area contributed by atoms with Crippen LogP contribution in [0.5, 0.6) is 0 Å². The maximum atomic E-state index is 11.4. The summed E-state index contributed by atoms with van der Waals surface area (Å²) in [5.74, 6) is -0.216. The number of carbonyl (C=O) groups excluding carboxylic acids is 2. The van der Waals surface area contributed by atoms with E-state index in [0.717, 1.165) is 5.56 Å². The molecule has 0 spiro atoms. The molecule has 1 heterocycles. The van der Waals surface area contributed by atoms with Gasteiger partial charge in [-0.2, -0.15) is 0 Å². The van der Waals surface area contributed by atoms with Crippen LogP contribution in [0.2, 0.25) is 0 Å². The molecule has 4 nitrogen and oxygen atoms in total. The number of benzene rings is 1. The summed E-state index contributed by atoms with van der Waals surface area (Å²) in [7, 11) is 0. The van der Waals surface area contributed by atoms with Crippen molar-refractivity contribution in [3.8, 4) is 0 Å². The summed E-state index contributed by atoms with van der Waals surface area (Å²) in [4.78, 5) is 24.0. The van der Waals surface area contributed by atoms with Gasteiger partial charge in [-0.05, 0) is 11.6 Å². The zero-order chi connectivity index (χ0) is 10.8. The summed E-state index contributed by atoms with van der Waals surface area (Å²) in [6, 6.07) is 7.26. The number of nitrogen functional groups attached to an aromatic ring is 1. The second-order valence-corrected chi connectivity index (χ2v) is 3.57. The maximum Gasteiger partial charge on any atom is 0.229 e. The van der Waals surface area contributed by atoms with Crippen LogP contribution in [0, 0.1) is 0 Å². The maximum absolute atomic E-state index is 11.4. The molecule has 0 aliphatic carbocycles. The topological polar surface area (TPSA) is 63.4 Å². The largest absolute Gasteiger partial charge is 0.398 e. The molecule has 1 aliphatic heterocycles. The van der Waals surface area contributed by atoms with Crippen LogP contribution in [0.3, 0.4) is 0 Å². The van der Waals surface area contributed by atoms with Crippen molar-refractivity contribution in [3.05, 3.63) is 29.8 Å². The summed E-state index contributed by atoms with van der Waals surface area (Å²) >= 11 is 0. The second kappa shape index (κ2) is 3.73.